The molecular weight excluding hydrogens is 156 g/mol. The van der Waals surface area contributed by atoms with Crippen LogP contribution in [0.5, 0.6) is 0 Å². The first-order chi connectivity index (χ1) is 5.54. The number of hydrogen-bond donors (Lipinski definition) is 1. The molecule has 1 aliphatic carbocycles. The number of nitrogens with zero attached hydrogens (tertiary/aromatic N) is 1. The van der Waals surface area contributed by atoms with E-state index in [4.69, 9.17) is 5.73 Å². The molecule has 0 radical (unpaired) electrons. The van der Waals surface area contributed by atoms with Crippen LogP contribution in [-0.2, 0) is 9.59 Å². The lowest BCUT2D eigenvalue weighted by Gasteiger charge is -2.19. The van der Waals surface area contributed by atoms with Crippen LogP contribution in [0.4, 0.5) is 0 Å². The van der Waals surface area contributed by atoms with Crippen LogP contribution in [0.3, 0.4) is 0 Å². The smallest absolute Gasteiger partial charge is 0.237 e. The summed E-state index contributed by atoms with van der Waals surface area (Å²) in [6.07, 6.45) is 1.23. The number of primary amides is 1. The van der Waals surface area contributed by atoms with E-state index in [9.17, 15) is 9.59 Å². The minimum Gasteiger partial charge on any atom is -0.369 e. The molecule has 0 atom stereocenters. The average Bonchev–Trinajstić information content (AvgIpc) is 2.81. The van der Waals surface area contributed by atoms with E-state index >= 15 is 0 Å². The van der Waals surface area contributed by atoms with Gasteiger partial charge in [0.25, 0.3) is 0 Å². The maximum absolute atomic E-state index is 11.5. The molecule has 2 amide bonds. The molecule has 4 heteroatoms. The van der Waals surface area contributed by atoms with E-state index in [1.807, 2.05) is 6.92 Å². The molecular formula is C8H14N2O2. The third-order valence-corrected chi connectivity index (χ3v) is 2.45. The molecule has 0 unspecified atom stereocenters. The highest BCUT2D eigenvalue weighted by molar-refractivity contribution is 6.07. The first-order valence-corrected chi connectivity index (χ1v) is 4.10. The van der Waals surface area contributed by atoms with Crippen molar-refractivity contribution in [3.8, 4) is 0 Å². The SMILES string of the molecule is CCN(C)C(=O)C1(C(N)=O)CC1. The molecule has 2 N–H and O–H groups in total. The van der Waals surface area contributed by atoms with Gasteiger partial charge in [0.1, 0.15) is 5.41 Å². The van der Waals surface area contributed by atoms with E-state index in [-0.39, 0.29) is 5.91 Å². The van der Waals surface area contributed by atoms with E-state index in [1.165, 1.54) is 4.90 Å². The minimum atomic E-state index is -0.843. The molecule has 1 saturated carbocycles. The molecule has 0 saturated heterocycles. The van der Waals surface area contributed by atoms with Crippen LogP contribution < -0.4 is 5.73 Å². The molecule has 0 bridgehead atoms. The van der Waals surface area contributed by atoms with Crippen molar-refractivity contribution in [2.24, 2.45) is 11.1 Å². The van der Waals surface area contributed by atoms with Gasteiger partial charge in [-0.05, 0) is 19.8 Å². The minimum absolute atomic E-state index is 0.127. The highest BCUT2D eigenvalue weighted by Crippen LogP contribution is 2.46. The van der Waals surface area contributed by atoms with Crippen LogP contribution in [0.15, 0.2) is 0 Å². The molecule has 0 heterocycles. The zero-order valence-corrected chi connectivity index (χ0v) is 7.46. The molecule has 68 valence electrons. The van der Waals surface area contributed by atoms with Crippen LogP contribution in [0.2, 0.25) is 0 Å². The number of amides is 2. The first-order valence-electron chi connectivity index (χ1n) is 4.10. The molecule has 0 aromatic heterocycles. The lowest BCUT2D eigenvalue weighted by atomic mass is 10.1. The molecule has 1 fully saturated rings. The van der Waals surface area contributed by atoms with Gasteiger partial charge >= 0.3 is 0 Å². The topological polar surface area (TPSA) is 63.4 Å². The Bertz CT molecular complexity index is 221. The van der Waals surface area contributed by atoms with Gasteiger partial charge in [-0.3, -0.25) is 9.59 Å². The van der Waals surface area contributed by atoms with Crippen molar-refractivity contribution in [2.75, 3.05) is 13.6 Å². The second-order valence-corrected chi connectivity index (χ2v) is 3.27. The Morgan fingerprint density at radius 3 is 2.25 bits per heavy atom. The second kappa shape index (κ2) is 2.77. The van der Waals surface area contributed by atoms with Gasteiger partial charge in [-0.1, -0.05) is 0 Å². The zero-order valence-electron chi connectivity index (χ0n) is 7.46. The zero-order chi connectivity index (χ0) is 9.35. The first kappa shape index (κ1) is 9.03. The van der Waals surface area contributed by atoms with Gasteiger partial charge < -0.3 is 10.6 Å². The lowest BCUT2D eigenvalue weighted by Crippen LogP contribution is -2.41. The van der Waals surface area contributed by atoms with Crippen LogP contribution in [0, 0.1) is 5.41 Å². The van der Waals surface area contributed by atoms with Gasteiger partial charge in [0.15, 0.2) is 0 Å². The number of carbonyl (C=O) groups excluding carboxylic acids is 2. The van der Waals surface area contributed by atoms with E-state index < -0.39 is 11.3 Å². The number of rotatable bonds is 3. The fourth-order valence-electron chi connectivity index (χ4n) is 1.20. The predicted octanol–water partition coefficient (Wildman–Crippen LogP) is -0.270. The summed E-state index contributed by atoms with van der Waals surface area (Å²) in [6.45, 7) is 2.49. The van der Waals surface area contributed by atoms with Crippen LogP contribution in [0.1, 0.15) is 19.8 Å². The molecule has 12 heavy (non-hydrogen) atoms. The summed E-state index contributed by atoms with van der Waals surface area (Å²) in [5.74, 6) is -0.606. The number of carbonyl (C=O) groups is 2. The average molecular weight is 170 g/mol. The summed E-state index contributed by atoms with van der Waals surface area (Å²) < 4.78 is 0. The fourth-order valence-corrected chi connectivity index (χ4v) is 1.20. The Balaban J connectivity index is 2.70. The Labute approximate surface area is 71.7 Å². The van der Waals surface area contributed by atoms with Gasteiger partial charge in [0.2, 0.25) is 11.8 Å². The van der Waals surface area contributed by atoms with Crippen molar-refractivity contribution >= 4 is 11.8 Å². The summed E-state index contributed by atoms with van der Waals surface area (Å²) in [5, 5.41) is 0. The highest BCUT2D eigenvalue weighted by Gasteiger charge is 2.56. The summed E-state index contributed by atoms with van der Waals surface area (Å²) >= 11 is 0. The summed E-state index contributed by atoms with van der Waals surface area (Å²) in [6, 6.07) is 0. The number of hydrogen-bond acceptors (Lipinski definition) is 2. The van der Waals surface area contributed by atoms with Gasteiger partial charge in [0.05, 0.1) is 0 Å². The molecule has 0 spiro atoms. The standard InChI is InChI=1S/C8H14N2O2/c1-3-10(2)7(12)8(4-5-8)6(9)11/h3-5H2,1-2H3,(H2,9,11). The van der Waals surface area contributed by atoms with E-state index in [2.05, 4.69) is 0 Å². The third kappa shape index (κ3) is 1.17. The molecule has 0 aliphatic heterocycles. The lowest BCUT2D eigenvalue weighted by molar-refractivity contribution is -0.141. The van der Waals surface area contributed by atoms with E-state index in [0.717, 1.165) is 0 Å². The Morgan fingerprint density at radius 1 is 1.50 bits per heavy atom. The molecule has 4 nitrogen and oxygen atoms in total. The molecule has 1 rings (SSSR count). The van der Waals surface area contributed by atoms with Crippen molar-refractivity contribution in [1.82, 2.24) is 4.90 Å². The quantitative estimate of drug-likeness (QED) is 0.592. The summed E-state index contributed by atoms with van der Waals surface area (Å²) in [5.41, 5.74) is 4.30. The normalized spacial score (nSPS) is 18.5. The molecule has 0 aromatic rings. The molecule has 1 aliphatic rings. The maximum Gasteiger partial charge on any atom is 0.237 e. The van der Waals surface area contributed by atoms with Crippen molar-refractivity contribution in [3.63, 3.8) is 0 Å². The number of nitrogens with two attached hydrogens (primary N) is 1. The van der Waals surface area contributed by atoms with Crippen molar-refractivity contribution < 1.29 is 9.59 Å². The Kier molecular flexibility index (Phi) is 2.08. The van der Waals surface area contributed by atoms with Crippen LogP contribution >= 0.6 is 0 Å². The van der Waals surface area contributed by atoms with E-state index in [0.29, 0.717) is 19.4 Å². The second-order valence-electron chi connectivity index (χ2n) is 3.27. The Hall–Kier alpha value is -1.06. The van der Waals surface area contributed by atoms with Crippen LogP contribution in [-0.4, -0.2) is 30.3 Å². The monoisotopic (exact) mass is 170 g/mol. The van der Waals surface area contributed by atoms with E-state index in [1.54, 1.807) is 7.05 Å². The third-order valence-electron chi connectivity index (χ3n) is 2.45. The maximum atomic E-state index is 11.5. The Morgan fingerprint density at radius 2 is 2.00 bits per heavy atom. The summed E-state index contributed by atoms with van der Waals surface area (Å²) in [7, 11) is 1.69. The fraction of sp³-hybridized carbons (Fsp3) is 0.750. The largest absolute Gasteiger partial charge is 0.369 e. The van der Waals surface area contributed by atoms with Crippen molar-refractivity contribution in [2.45, 2.75) is 19.8 Å². The van der Waals surface area contributed by atoms with Gasteiger partial charge in [-0.15, -0.1) is 0 Å². The van der Waals surface area contributed by atoms with Crippen molar-refractivity contribution in [1.29, 1.82) is 0 Å². The predicted molar refractivity (Wildman–Crippen MR) is 44.2 cm³/mol. The highest BCUT2D eigenvalue weighted by atomic mass is 16.2. The van der Waals surface area contributed by atoms with Crippen molar-refractivity contribution in [3.05, 3.63) is 0 Å². The van der Waals surface area contributed by atoms with Crippen LogP contribution in [0.25, 0.3) is 0 Å². The van der Waals surface area contributed by atoms with Gasteiger partial charge in [-0.25, -0.2) is 0 Å². The van der Waals surface area contributed by atoms with Gasteiger partial charge in [0, 0.05) is 13.6 Å². The summed E-state index contributed by atoms with van der Waals surface area (Å²) in [4.78, 5) is 24.0. The van der Waals surface area contributed by atoms with Gasteiger partial charge in [-0.2, -0.15) is 0 Å². The molecule has 0 aromatic carbocycles.